The predicted octanol–water partition coefficient (Wildman–Crippen LogP) is 2.49. The van der Waals surface area contributed by atoms with Crippen molar-refractivity contribution in [2.24, 2.45) is 0 Å². The molecular weight excluding hydrogens is 348 g/mol. The third-order valence-electron chi connectivity index (χ3n) is 4.10. The SMILES string of the molecule is CCN(Cc1ccc2c(c1)OCO2)C(=O)COC(=O)c1cccc(C#N)c1. The highest BCUT2D eigenvalue weighted by molar-refractivity contribution is 5.91. The lowest BCUT2D eigenvalue weighted by atomic mass is 10.1. The van der Waals surface area contributed by atoms with Crippen molar-refractivity contribution in [3.05, 3.63) is 59.2 Å². The van der Waals surface area contributed by atoms with Crippen LogP contribution in [-0.4, -0.2) is 36.7 Å². The number of hydrogen-bond acceptors (Lipinski definition) is 6. The van der Waals surface area contributed by atoms with E-state index in [-0.39, 0.29) is 24.9 Å². The molecule has 0 saturated carbocycles. The summed E-state index contributed by atoms with van der Waals surface area (Å²) < 4.78 is 15.7. The van der Waals surface area contributed by atoms with E-state index < -0.39 is 5.97 Å². The van der Waals surface area contributed by atoms with Crippen LogP contribution in [-0.2, 0) is 16.1 Å². The average Bonchev–Trinajstić information content (AvgIpc) is 3.17. The van der Waals surface area contributed by atoms with Gasteiger partial charge in [0.1, 0.15) is 0 Å². The number of hydrogen-bond donors (Lipinski definition) is 0. The summed E-state index contributed by atoms with van der Waals surface area (Å²) >= 11 is 0. The summed E-state index contributed by atoms with van der Waals surface area (Å²) in [4.78, 5) is 26.1. The van der Waals surface area contributed by atoms with Crippen LogP contribution in [0.2, 0.25) is 0 Å². The third kappa shape index (κ3) is 4.36. The van der Waals surface area contributed by atoms with Crippen LogP contribution in [0.1, 0.15) is 28.4 Å². The minimum Gasteiger partial charge on any atom is -0.454 e. The van der Waals surface area contributed by atoms with Crippen molar-refractivity contribution < 1.29 is 23.8 Å². The lowest BCUT2D eigenvalue weighted by molar-refractivity contribution is -0.134. The average molecular weight is 366 g/mol. The quantitative estimate of drug-likeness (QED) is 0.730. The van der Waals surface area contributed by atoms with Gasteiger partial charge in [-0.2, -0.15) is 5.26 Å². The van der Waals surface area contributed by atoms with Gasteiger partial charge in [-0.1, -0.05) is 12.1 Å². The van der Waals surface area contributed by atoms with Gasteiger partial charge < -0.3 is 19.1 Å². The number of rotatable bonds is 6. The molecule has 1 heterocycles. The predicted molar refractivity (Wildman–Crippen MR) is 95.1 cm³/mol. The van der Waals surface area contributed by atoms with E-state index in [0.717, 1.165) is 5.56 Å². The molecule has 0 aromatic heterocycles. The number of likely N-dealkylation sites (N-methyl/N-ethyl adjacent to an activating group) is 1. The largest absolute Gasteiger partial charge is 0.454 e. The van der Waals surface area contributed by atoms with Gasteiger partial charge in [-0.15, -0.1) is 0 Å². The molecule has 0 fully saturated rings. The Morgan fingerprint density at radius 2 is 2.00 bits per heavy atom. The van der Waals surface area contributed by atoms with Crippen LogP contribution in [0.15, 0.2) is 42.5 Å². The maximum atomic E-state index is 12.4. The van der Waals surface area contributed by atoms with Crippen molar-refractivity contribution in [2.45, 2.75) is 13.5 Å². The van der Waals surface area contributed by atoms with Crippen LogP contribution in [0.4, 0.5) is 0 Å². The highest BCUT2D eigenvalue weighted by Gasteiger charge is 2.18. The molecule has 1 aliphatic heterocycles. The molecule has 27 heavy (non-hydrogen) atoms. The van der Waals surface area contributed by atoms with Crippen molar-refractivity contribution >= 4 is 11.9 Å². The molecule has 0 atom stereocenters. The molecule has 1 amide bonds. The van der Waals surface area contributed by atoms with Gasteiger partial charge in [-0.3, -0.25) is 4.79 Å². The normalized spacial score (nSPS) is 11.6. The van der Waals surface area contributed by atoms with E-state index in [2.05, 4.69) is 0 Å². The number of fused-ring (bicyclic) bond motifs is 1. The van der Waals surface area contributed by atoms with E-state index >= 15 is 0 Å². The van der Waals surface area contributed by atoms with E-state index in [4.69, 9.17) is 19.5 Å². The fourth-order valence-electron chi connectivity index (χ4n) is 2.65. The third-order valence-corrected chi connectivity index (χ3v) is 4.10. The zero-order valence-corrected chi connectivity index (χ0v) is 14.8. The van der Waals surface area contributed by atoms with E-state index in [1.54, 1.807) is 23.1 Å². The van der Waals surface area contributed by atoms with Crippen LogP contribution in [0.3, 0.4) is 0 Å². The van der Waals surface area contributed by atoms with Crippen LogP contribution in [0, 0.1) is 11.3 Å². The summed E-state index contributed by atoms with van der Waals surface area (Å²) in [5, 5.41) is 8.89. The van der Waals surface area contributed by atoms with E-state index in [1.165, 1.54) is 12.1 Å². The smallest absolute Gasteiger partial charge is 0.338 e. The highest BCUT2D eigenvalue weighted by atomic mass is 16.7. The highest BCUT2D eigenvalue weighted by Crippen LogP contribution is 2.32. The van der Waals surface area contributed by atoms with Gasteiger partial charge >= 0.3 is 5.97 Å². The summed E-state index contributed by atoms with van der Waals surface area (Å²) in [7, 11) is 0. The van der Waals surface area contributed by atoms with Gasteiger partial charge in [0.25, 0.3) is 5.91 Å². The van der Waals surface area contributed by atoms with Crippen LogP contribution < -0.4 is 9.47 Å². The first kappa shape index (κ1) is 18.3. The van der Waals surface area contributed by atoms with Crippen molar-refractivity contribution in [1.29, 1.82) is 5.26 Å². The zero-order chi connectivity index (χ0) is 19.2. The first-order chi connectivity index (χ1) is 13.1. The Kier molecular flexibility index (Phi) is 5.57. The van der Waals surface area contributed by atoms with Gasteiger partial charge in [-0.25, -0.2) is 4.79 Å². The number of carbonyl (C=O) groups excluding carboxylic acids is 2. The van der Waals surface area contributed by atoms with Gasteiger partial charge in [0.2, 0.25) is 6.79 Å². The Morgan fingerprint density at radius 3 is 2.78 bits per heavy atom. The van der Waals surface area contributed by atoms with E-state index in [1.807, 2.05) is 25.1 Å². The molecule has 7 nitrogen and oxygen atoms in total. The summed E-state index contributed by atoms with van der Waals surface area (Å²) in [6, 6.07) is 13.6. The summed E-state index contributed by atoms with van der Waals surface area (Å²) in [5.41, 5.74) is 1.48. The number of nitriles is 1. The molecule has 7 heteroatoms. The van der Waals surface area contributed by atoms with Gasteiger partial charge in [0.05, 0.1) is 17.2 Å². The minimum absolute atomic E-state index is 0.193. The second-order valence-corrected chi connectivity index (χ2v) is 5.86. The number of ether oxygens (including phenoxy) is 3. The Morgan fingerprint density at radius 1 is 1.19 bits per heavy atom. The van der Waals surface area contributed by atoms with Crippen molar-refractivity contribution in [2.75, 3.05) is 19.9 Å². The minimum atomic E-state index is -0.639. The molecule has 0 N–H and O–H groups in total. The monoisotopic (exact) mass is 366 g/mol. The molecule has 2 aromatic rings. The fourth-order valence-corrected chi connectivity index (χ4v) is 2.65. The summed E-state index contributed by atoms with van der Waals surface area (Å²) in [5.74, 6) is 0.390. The maximum Gasteiger partial charge on any atom is 0.338 e. The number of benzene rings is 2. The molecule has 3 rings (SSSR count). The molecule has 138 valence electrons. The van der Waals surface area contributed by atoms with Crippen molar-refractivity contribution in [1.82, 2.24) is 4.90 Å². The first-order valence-electron chi connectivity index (χ1n) is 8.44. The Bertz CT molecular complexity index is 903. The lowest BCUT2D eigenvalue weighted by Crippen LogP contribution is -2.34. The molecule has 0 saturated heterocycles. The molecule has 0 spiro atoms. The standard InChI is InChI=1S/C20H18N2O5/c1-2-22(11-15-6-7-17-18(9-15)27-13-26-17)19(23)12-25-20(24)16-5-3-4-14(8-16)10-21/h3-9H,2,11-13H2,1H3. The molecule has 0 bridgehead atoms. The van der Waals surface area contributed by atoms with Crippen LogP contribution in [0.5, 0.6) is 11.5 Å². The number of nitrogens with zero attached hydrogens (tertiary/aromatic N) is 2. The maximum absolute atomic E-state index is 12.4. The second kappa shape index (κ2) is 8.23. The van der Waals surface area contributed by atoms with Crippen molar-refractivity contribution in [3.63, 3.8) is 0 Å². The zero-order valence-electron chi connectivity index (χ0n) is 14.8. The summed E-state index contributed by atoms with van der Waals surface area (Å²) in [6.07, 6.45) is 0. The molecular formula is C20H18N2O5. The topological polar surface area (TPSA) is 88.9 Å². The van der Waals surface area contributed by atoms with Crippen LogP contribution in [0.25, 0.3) is 0 Å². The first-order valence-corrected chi connectivity index (χ1v) is 8.44. The van der Waals surface area contributed by atoms with Gasteiger partial charge in [0.15, 0.2) is 18.1 Å². The van der Waals surface area contributed by atoms with Crippen molar-refractivity contribution in [3.8, 4) is 17.6 Å². The Hall–Kier alpha value is -3.53. The van der Waals surface area contributed by atoms with E-state index in [9.17, 15) is 9.59 Å². The number of carbonyl (C=O) groups is 2. The second-order valence-electron chi connectivity index (χ2n) is 5.86. The number of esters is 1. The molecule has 0 radical (unpaired) electrons. The Balaban J connectivity index is 1.58. The number of amides is 1. The van der Waals surface area contributed by atoms with E-state index in [0.29, 0.717) is 30.2 Å². The Labute approximate surface area is 156 Å². The molecule has 0 aliphatic carbocycles. The lowest BCUT2D eigenvalue weighted by Gasteiger charge is -2.21. The van der Waals surface area contributed by atoms with Gasteiger partial charge in [-0.05, 0) is 42.8 Å². The molecule has 1 aliphatic rings. The van der Waals surface area contributed by atoms with Gasteiger partial charge in [0, 0.05) is 13.1 Å². The fraction of sp³-hybridized carbons (Fsp3) is 0.250. The molecule has 0 unspecified atom stereocenters. The molecule has 2 aromatic carbocycles. The summed E-state index contributed by atoms with van der Waals surface area (Å²) in [6.45, 7) is 2.51. The van der Waals surface area contributed by atoms with Crippen LogP contribution >= 0.6 is 0 Å².